The monoisotopic (exact) mass is 351 g/mol. The van der Waals surface area contributed by atoms with Crippen LogP contribution in [0.5, 0.6) is 0 Å². The molecule has 2 rings (SSSR count). The Balaban J connectivity index is 1.78. The number of nitrogens with zero attached hydrogens (tertiary/aromatic N) is 1. The molecule has 2 N–H and O–H groups in total. The predicted octanol–water partition coefficient (Wildman–Crippen LogP) is 3.77. The standard InChI is InChI=1S/C18H20F3N3O/c1-24(2)16-9-5-14(6-10-16)12-23-17(25)22-11-13-3-7-15(8-4-13)18(19,20)21/h3-10H,11-12H2,1-2H3,(H2,22,23,25). The lowest BCUT2D eigenvalue weighted by Crippen LogP contribution is -2.34. The van der Waals surface area contributed by atoms with Crippen LogP contribution in [0, 0.1) is 0 Å². The number of hydrogen-bond acceptors (Lipinski definition) is 2. The Kier molecular flexibility index (Phi) is 5.90. The van der Waals surface area contributed by atoms with Gasteiger partial charge in [0.05, 0.1) is 5.56 Å². The van der Waals surface area contributed by atoms with Gasteiger partial charge in [0.2, 0.25) is 0 Å². The second-order valence-electron chi connectivity index (χ2n) is 5.79. The van der Waals surface area contributed by atoms with Crippen molar-refractivity contribution in [3.8, 4) is 0 Å². The van der Waals surface area contributed by atoms with E-state index in [0.717, 1.165) is 23.4 Å². The van der Waals surface area contributed by atoms with Crippen LogP contribution in [-0.2, 0) is 19.3 Å². The lowest BCUT2D eigenvalue weighted by molar-refractivity contribution is -0.137. The number of hydrogen-bond donors (Lipinski definition) is 2. The van der Waals surface area contributed by atoms with E-state index >= 15 is 0 Å². The maximum atomic E-state index is 12.5. The van der Waals surface area contributed by atoms with Crippen LogP contribution in [0.25, 0.3) is 0 Å². The quantitative estimate of drug-likeness (QED) is 0.861. The molecule has 0 atom stereocenters. The molecule has 134 valence electrons. The summed E-state index contributed by atoms with van der Waals surface area (Å²) in [4.78, 5) is 13.8. The van der Waals surface area contributed by atoms with Gasteiger partial charge in [0.15, 0.2) is 0 Å². The van der Waals surface area contributed by atoms with E-state index in [2.05, 4.69) is 10.6 Å². The summed E-state index contributed by atoms with van der Waals surface area (Å²) in [5.74, 6) is 0. The minimum Gasteiger partial charge on any atom is -0.378 e. The van der Waals surface area contributed by atoms with Crippen molar-refractivity contribution in [2.45, 2.75) is 19.3 Å². The van der Waals surface area contributed by atoms with Crippen LogP contribution >= 0.6 is 0 Å². The zero-order valence-corrected chi connectivity index (χ0v) is 14.0. The Morgan fingerprint density at radius 1 is 0.880 bits per heavy atom. The smallest absolute Gasteiger partial charge is 0.378 e. The van der Waals surface area contributed by atoms with Gasteiger partial charge in [0.25, 0.3) is 0 Å². The fourth-order valence-electron chi connectivity index (χ4n) is 2.15. The fraction of sp³-hybridized carbons (Fsp3) is 0.278. The van der Waals surface area contributed by atoms with Crippen LogP contribution in [0.4, 0.5) is 23.7 Å². The Bertz CT molecular complexity index is 695. The summed E-state index contributed by atoms with van der Waals surface area (Å²) in [5.41, 5.74) is 1.91. The van der Waals surface area contributed by atoms with Crippen LogP contribution in [-0.4, -0.2) is 20.1 Å². The first kappa shape index (κ1) is 18.6. The fourth-order valence-corrected chi connectivity index (χ4v) is 2.15. The van der Waals surface area contributed by atoms with Crippen molar-refractivity contribution in [3.05, 3.63) is 65.2 Å². The SMILES string of the molecule is CN(C)c1ccc(CNC(=O)NCc2ccc(C(F)(F)F)cc2)cc1. The van der Waals surface area contributed by atoms with Crippen LogP contribution in [0.2, 0.25) is 0 Å². The number of anilines is 1. The van der Waals surface area contributed by atoms with Crippen molar-refractivity contribution < 1.29 is 18.0 Å². The largest absolute Gasteiger partial charge is 0.416 e. The van der Waals surface area contributed by atoms with Gasteiger partial charge < -0.3 is 15.5 Å². The van der Waals surface area contributed by atoms with Crippen molar-refractivity contribution in [1.29, 1.82) is 0 Å². The van der Waals surface area contributed by atoms with E-state index in [1.165, 1.54) is 12.1 Å². The molecule has 25 heavy (non-hydrogen) atoms. The molecule has 0 aliphatic carbocycles. The van der Waals surface area contributed by atoms with Gasteiger partial charge in [-0.3, -0.25) is 0 Å². The molecule has 0 heterocycles. The molecule has 0 aliphatic heterocycles. The molecule has 0 fully saturated rings. The molecule has 2 aromatic carbocycles. The number of halogens is 3. The summed E-state index contributed by atoms with van der Waals surface area (Å²) in [6.45, 7) is 0.524. The van der Waals surface area contributed by atoms with Crippen molar-refractivity contribution in [1.82, 2.24) is 10.6 Å². The van der Waals surface area contributed by atoms with E-state index in [0.29, 0.717) is 12.1 Å². The van der Waals surface area contributed by atoms with Gasteiger partial charge in [-0.05, 0) is 35.4 Å². The number of amides is 2. The summed E-state index contributed by atoms with van der Waals surface area (Å²) < 4.78 is 37.4. The number of rotatable bonds is 5. The van der Waals surface area contributed by atoms with Gasteiger partial charge in [-0.1, -0.05) is 24.3 Å². The summed E-state index contributed by atoms with van der Waals surface area (Å²) in [6.07, 6.45) is -4.36. The molecular weight excluding hydrogens is 331 g/mol. The highest BCUT2D eigenvalue weighted by Crippen LogP contribution is 2.29. The Morgan fingerprint density at radius 2 is 1.32 bits per heavy atom. The van der Waals surface area contributed by atoms with E-state index in [-0.39, 0.29) is 12.6 Å². The molecule has 0 bridgehead atoms. The highest BCUT2D eigenvalue weighted by molar-refractivity contribution is 5.73. The van der Waals surface area contributed by atoms with Crippen molar-refractivity contribution in [2.75, 3.05) is 19.0 Å². The van der Waals surface area contributed by atoms with Gasteiger partial charge >= 0.3 is 12.2 Å². The van der Waals surface area contributed by atoms with E-state index in [1.54, 1.807) is 0 Å². The van der Waals surface area contributed by atoms with Crippen LogP contribution in [0.1, 0.15) is 16.7 Å². The first-order chi connectivity index (χ1) is 11.8. The first-order valence-corrected chi connectivity index (χ1v) is 7.70. The number of carbonyl (C=O) groups is 1. The van der Waals surface area contributed by atoms with Crippen LogP contribution < -0.4 is 15.5 Å². The number of nitrogens with one attached hydrogen (secondary N) is 2. The summed E-state index contributed by atoms with van der Waals surface area (Å²) in [6, 6.07) is 12.1. The highest BCUT2D eigenvalue weighted by Gasteiger charge is 2.29. The van der Waals surface area contributed by atoms with E-state index in [9.17, 15) is 18.0 Å². The van der Waals surface area contributed by atoms with Gasteiger partial charge in [0.1, 0.15) is 0 Å². The molecule has 0 saturated heterocycles. The molecule has 0 radical (unpaired) electrons. The van der Waals surface area contributed by atoms with Crippen LogP contribution in [0.15, 0.2) is 48.5 Å². The minimum atomic E-state index is -4.36. The highest BCUT2D eigenvalue weighted by atomic mass is 19.4. The first-order valence-electron chi connectivity index (χ1n) is 7.70. The number of urea groups is 1. The number of benzene rings is 2. The van der Waals surface area contributed by atoms with Crippen molar-refractivity contribution >= 4 is 11.7 Å². The molecule has 2 amide bonds. The van der Waals surface area contributed by atoms with Gasteiger partial charge in [0, 0.05) is 32.9 Å². The lowest BCUT2D eigenvalue weighted by atomic mass is 10.1. The Labute approximate surface area is 144 Å². The van der Waals surface area contributed by atoms with E-state index in [1.807, 2.05) is 43.3 Å². The van der Waals surface area contributed by atoms with Gasteiger partial charge in [-0.15, -0.1) is 0 Å². The molecule has 7 heteroatoms. The average Bonchev–Trinajstić information content (AvgIpc) is 2.58. The normalized spacial score (nSPS) is 11.1. The lowest BCUT2D eigenvalue weighted by Gasteiger charge is -2.13. The Morgan fingerprint density at radius 3 is 1.72 bits per heavy atom. The summed E-state index contributed by atoms with van der Waals surface area (Å²) in [7, 11) is 3.89. The maximum absolute atomic E-state index is 12.5. The third-order valence-electron chi connectivity index (χ3n) is 3.64. The minimum absolute atomic E-state index is 0.156. The average molecular weight is 351 g/mol. The topological polar surface area (TPSA) is 44.4 Å². The number of alkyl halides is 3. The maximum Gasteiger partial charge on any atom is 0.416 e. The van der Waals surface area contributed by atoms with Gasteiger partial charge in [-0.2, -0.15) is 13.2 Å². The molecule has 0 spiro atoms. The predicted molar refractivity (Wildman–Crippen MR) is 91.3 cm³/mol. The molecular formula is C18H20F3N3O. The molecule has 4 nitrogen and oxygen atoms in total. The molecule has 0 saturated carbocycles. The summed E-state index contributed by atoms with van der Waals surface area (Å²) >= 11 is 0. The molecule has 0 unspecified atom stereocenters. The van der Waals surface area contributed by atoms with E-state index < -0.39 is 11.7 Å². The zero-order valence-electron chi connectivity index (χ0n) is 14.0. The Hall–Kier alpha value is -2.70. The van der Waals surface area contributed by atoms with Gasteiger partial charge in [-0.25, -0.2) is 4.79 Å². The molecule has 0 aromatic heterocycles. The molecule has 0 aliphatic rings. The van der Waals surface area contributed by atoms with Crippen LogP contribution in [0.3, 0.4) is 0 Å². The second kappa shape index (κ2) is 7.92. The van der Waals surface area contributed by atoms with Crippen molar-refractivity contribution in [2.24, 2.45) is 0 Å². The van der Waals surface area contributed by atoms with E-state index in [4.69, 9.17) is 0 Å². The second-order valence-corrected chi connectivity index (χ2v) is 5.79. The molecule has 2 aromatic rings. The van der Waals surface area contributed by atoms with Crippen molar-refractivity contribution in [3.63, 3.8) is 0 Å². The number of carbonyl (C=O) groups excluding carboxylic acids is 1. The summed E-state index contributed by atoms with van der Waals surface area (Å²) in [5, 5.41) is 5.33. The zero-order chi connectivity index (χ0) is 18.4. The third-order valence-corrected chi connectivity index (χ3v) is 3.64. The third kappa shape index (κ3) is 5.70.